The molecule has 1 saturated carbocycles. The van der Waals surface area contributed by atoms with Crippen molar-refractivity contribution in [3.8, 4) is 5.69 Å². The molecule has 1 aromatic carbocycles. The zero-order chi connectivity index (χ0) is 26.3. The van der Waals surface area contributed by atoms with Gasteiger partial charge in [0.25, 0.3) is 17.2 Å². The van der Waals surface area contributed by atoms with Crippen LogP contribution in [0.25, 0.3) is 17.0 Å². The van der Waals surface area contributed by atoms with E-state index in [4.69, 9.17) is 0 Å². The van der Waals surface area contributed by atoms with Crippen molar-refractivity contribution < 1.29 is 14.2 Å². The van der Waals surface area contributed by atoms with E-state index in [0.29, 0.717) is 17.7 Å². The summed E-state index contributed by atoms with van der Waals surface area (Å²) >= 11 is 0. The van der Waals surface area contributed by atoms with Crippen molar-refractivity contribution in [1.82, 2.24) is 14.7 Å². The number of aromatic amines is 1. The highest BCUT2D eigenvalue weighted by molar-refractivity contribution is 6.44. The summed E-state index contributed by atoms with van der Waals surface area (Å²) in [6.45, 7) is 7.98. The Labute approximate surface area is 217 Å². The van der Waals surface area contributed by atoms with Crippen LogP contribution in [0, 0.1) is 13.8 Å². The number of H-pyrrole nitrogens is 1. The summed E-state index contributed by atoms with van der Waals surface area (Å²) in [5, 5.41) is 3.26. The van der Waals surface area contributed by atoms with Gasteiger partial charge in [-0.1, -0.05) is 50.8 Å². The van der Waals surface area contributed by atoms with Crippen molar-refractivity contribution >= 4 is 23.1 Å². The molecule has 37 heavy (non-hydrogen) atoms. The monoisotopic (exact) mass is 499 g/mol. The van der Waals surface area contributed by atoms with Gasteiger partial charge in [0.15, 0.2) is 12.4 Å². The predicted octanol–water partition coefficient (Wildman–Crippen LogP) is 4.26. The molecule has 0 bridgehead atoms. The molecule has 5 rings (SSSR count). The summed E-state index contributed by atoms with van der Waals surface area (Å²) in [7, 11) is 0. The molecule has 7 nitrogen and oxygen atoms in total. The minimum absolute atomic E-state index is 0.137. The molecular formula is C30H35N4O3+. The molecule has 1 N–H and O–H groups in total. The van der Waals surface area contributed by atoms with Crippen LogP contribution in [0.3, 0.4) is 0 Å². The summed E-state index contributed by atoms with van der Waals surface area (Å²) in [5.41, 5.74) is 4.95. The van der Waals surface area contributed by atoms with Crippen LogP contribution in [0.15, 0.2) is 47.5 Å². The fraction of sp³-hybridized carbons (Fsp3) is 0.400. The lowest BCUT2D eigenvalue weighted by Crippen LogP contribution is -2.45. The number of hydrogen-bond donors (Lipinski definition) is 1. The van der Waals surface area contributed by atoms with Crippen LogP contribution in [0.4, 0.5) is 0 Å². The Morgan fingerprint density at radius 2 is 1.73 bits per heavy atom. The Hall–Kier alpha value is -3.74. The Morgan fingerprint density at radius 1 is 0.973 bits per heavy atom. The van der Waals surface area contributed by atoms with Gasteiger partial charge >= 0.3 is 5.91 Å². The van der Waals surface area contributed by atoms with E-state index in [1.807, 2.05) is 57.3 Å². The van der Waals surface area contributed by atoms with Gasteiger partial charge in [-0.3, -0.25) is 24.4 Å². The molecule has 7 heteroatoms. The molecule has 2 aliphatic rings. The number of aryl methyl sites for hydroxylation is 4. The highest BCUT2D eigenvalue weighted by atomic mass is 16.2. The van der Waals surface area contributed by atoms with E-state index in [0.717, 1.165) is 60.9 Å². The van der Waals surface area contributed by atoms with E-state index >= 15 is 0 Å². The fourth-order valence-corrected chi connectivity index (χ4v) is 5.77. The maximum Gasteiger partial charge on any atom is 0.327 e. The quantitative estimate of drug-likeness (QED) is 0.407. The van der Waals surface area contributed by atoms with Crippen molar-refractivity contribution in [3.05, 3.63) is 81.0 Å². The number of nitrogens with zero attached hydrogens (tertiary/aromatic N) is 3. The van der Waals surface area contributed by atoms with E-state index < -0.39 is 0 Å². The average molecular weight is 500 g/mol. The lowest BCUT2D eigenvalue weighted by atomic mass is 9.94. The van der Waals surface area contributed by atoms with Crippen molar-refractivity contribution in [2.75, 3.05) is 0 Å². The van der Waals surface area contributed by atoms with Gasteiger partial charge in [0.1, 0.15) is 5.57 Å². The van der Waals surface area contributed by atoms with Gasteiger partial charge in [0.2, 0.25) is 0 Å². The average Bonchev–Trinajstić information content (AvgIpc) is 3.36. The van der Waals surface area contributed by atoms with Crippen LogP contribution >= 0.6 is 0 Å². The zero-order valence-electron chi connectivity index (χ0n) is 22.1. The van der Waals surface area contributed by atoms with E-state index in [1.165, 1.54) is 9.58 Å². The topological polar surface area (TPSA) is 79.1 Å². The number of aromatic nitrogens is 3. The third kappa shape index (κ3) is 4.26. The molecule has 0 spiro atoms. The molecule has 192 valence electrons. The van der Waals surface area contributed by atoms with Crippen LogP contribution in [-0.2, 0) is 22.4 Å². The van der Waals surface area contributed by atoms with E-state index in [9.17, 15) is 14.4 Å². The van der Waals surface area contributed by atoms with Crippen LogP contribution in [0.1, 0.15) is 73.9 Å². The molecule has 0 radical (unpaired) electrons. The van der Waals surface area contributed by atoms with Gasteiger partial charge in [-0.15, -0.1) is 0 Å². The van der Waals surface area contributed by atoms with Crippen molar-refractivity contribution in [2.45, 2.75) is 78.7 Å². The molecule has 1 aliphatic heterocycles. The lowest BCUT2D eigenvalue weighted by Gasteiger charge is -2.29. The Kier molecular flexibility index (Phi) is 6.71. The summed E-state index contributed by atoms with van der Waals surface area (Å²) in [5.74, 6) is -0.675. The first-order valence-electron chi connectivity index (χ1n) is 13.4. The molecule has 3 aromatic rings. The minimum Gasteiger partial charge on any atom is -0.294 e. The highest BCUT2D eigenvalue weighted by Crippen LogP contribution is 2.35. The largest absolute Gasteiger partial charge is 0.327 e. The zero-order valence-corrected chi connectivity index (χ0v) is 22.1. The summed E-state index contributed by atoms with van der Waals surface area (Å²) < 4.78 is 3.26. The molecule has 2 amide bonds. The maximum atomic E-state index is 14.1. The lowest BCUT2D eigenvalue weighted by molar-refractivity contribution is -0.577. The third-order valence-electron chi connectivity index (χ3n) is 7.72. The van der Waals surface area contributed by atoms with E-state index in [2.05, 4.69) is 12.0 Å². The summed E-state index contributed by atoms with van der Waals surface area (Å²) in [4.78, 5) is 43.5. The van der Waals surface area contributed by atoms with Gasteiger partial charge in [-0.2, -0.15) is 4.57 Å². The minimum atomic E-state index is -0.361. The number of rotatable bonds is 6. The number of carbonyl (C=O) groups is 2. The molecule has 0 atom stereocenters. The number of benzene rings is 1. The van der Waals surface area contributed by atoms with Gasteiger partial charge in [0, 0.05) is 23.4 Å². The van der Waals surface area contributed by atoms with Gasteiger partial charge in [-0.25, -0.2) is 4.68 Å². The van der Waals surface area contributed by atoms with Crippen LogP contribution in [0.2, 0.25) is 0 Å². The maximum absolute atomic E-state index is 14.1. The first-order chi connectivity index (χ1) is 17.8. The predicted molar refractivity (Wildman–Crippen MR) is 143 cm³/mol. The number of hydrogen-bond acceptors (Lipinski definition) is 3. The van der Waals surface area contributed by atoms with E-state index in [1.54, 1.807) is 10.8 Å². The van der Waals surface area contributed by atoms with Crippen LogP contribution in [0.5, 0.6) is 0 Å². The second kappa shape index (κ2) is 9.96. The number of nitrogens with one attached hydrogen (secondary N) is 1. The third-order valence-corrected chi connectivity index (χ3v) is 7.72. The van der Waals surface area contributed by atoms with Gasteiger partial charge in [-0.05, 0) is 57.2 Å². The second-order valence-corrected chi connectivity index (χ2v) is 10.2. The number of amides is 2. The summed E-state index contributed by atoms with van der Waals surface area (Å²) in [6.07, 6.45) is 9.72. The summed E-state index contributed by atoms with van der Waals surface area (Å²) in [6, 6.07) is 9.65. The van der Waals surface area contributed by atoms with Crippen LogP contribution in [-0.4, -0.2) is 32.5 Å². The molecule has 1 fully saturated rings. The standard InChI is InChI=1S/C30H34N4O3/c1-5-21-11-10-16-32(18-21)27-26(28(35)33(30(27)37)22-12-8-7-9-13-22)25-23(6-2)31-34(29(25)36)24-15-14-19(3)17-20(24)4/h10-11,14-18,22H,5-9,12-13H2,1-4H3/p+1. The van der Waals surface area contributed by atoms with Gasteiger partial charge in [0.05, 0.1) is 11.3 Å². The normalized spacial score (nSPS) is 16.8. The first kappa shape index (κ1) is 24.9. The van der Waals surface area contributed by atoms with Crippen LogP contribution < -0.4 is 10.1 Å². The fourth-order valence-electron chi connectivity index (χ4n) is 5.77. The SMILES string of the molecule is CCc1ccc[n+](C2=C(c3c(CC)[nH]n(-c4ccc(C)cc4C)c3=O)C(=O)N(C3CCCCC3)C2=O)c1. The van der Waals surface area contributed by atoms with Crippen molar-refractivity contribution in [3.63, 3.8) is 0 Å². The van der Waals surface area contributed by atoms with Crippen molar-refractivity contribution in [1.29, 1.82) is 0 Å². The Balaban J connectivity index is 1.75. The number of carbonyl (C=O) groups excluding carboxylic acids is 2. The number of imide groups is 1. The molecule has 0 unspecified atom stereocenters. The second-order valence-electron chi connectivity index (χ2n) is 10.2. The number of pyridine rings is 1. The van der Waals surface area contributed by atoms with Crippen molar-refractivity contribution in [2.24, 2.45) is 0 Å². The molecular weight excluding hydrogens is 464 g/mol. The van der Waals surface area contributed by atoms with Gasteiger partial charge < -0.3 is 0 Å². The Morgan fingerprint density at radius 3 is 2.41 bits per heavy atom. The molecule has 3 heterocycles. The molecule has 1 aliphatic carbocycles. The molecule has 2 aromatic heterocycles. The Bertz CT molecular complexity index is 1470. The highest BCUT2D eigenvalue weighted by Gasteiger charge is 2.49. The smallest absolute Gasteiger partial charge is 0.294 e. The molecule has 0 saturated heterocycles. The van der Waals surface area contributed by atoms with E-state index in [-0.39, 0.29) is 34.7 Å². The first-order valence-corrected chi connectivity index (χ1v) is 13.4.